The average Bonchev–Trinajstić information content (AvgIpc) is 3.15. The zero-order valence-electron chi connectivity index (χ0n) is 19.1. The number of carbonyl (C=O) groups excluding carboxylic acids is 2. The molecule has 1 aliphatic rings. The minimum absolute atomic E-state index is 0.241. The van der Waals surface area contributed by atoms with E-state index in [0.717, 1.165) is 33.7 Å². The maximum Gasteiger partial charge on any atom is 0.293 e. The molecule has 0 aromatic heterocycles. The molecule has 1 saturated heterocycles. The smallest absolute Gasteiger partial charge is 0.293 e. The van der Waals surface area contributed by atoms with E-state index in [2.05, 4.69) is 18.2 Å². The minimum Gasteiger partial charge on any atom is -0.493 e. The van der Waals surface area contributed by atoms with Crippen LogP contribution in [-0.4, -0.2) is 23.2 Å². The van der Waals surface area contributed by atoms with Crippen LogP contribution >= 0.6 is 11.8 Å². The number of nitrogens with zero attached hydrogens (tertiary/aromatic N) is 1. The summed E-state index contributed by atoms with van der Waals surface area (Å²) in [5, 5.41) is 1.97. The van der Waals surface area contributed by atoms with Crippen molar-refractivity contribution in [3.05, 3.63) is 113 Å². The van der Waals surface area contributed by atoms with Crippen LogP contribution in [0.4, 0.5) is 4.79 Å². The van der Waals surface area contributed by atoms with Crippen molar-refractivity contribution in [2.24, 2.45) is 0 Å². The van der Waals surface area contributed by atoms with Crippen LogP contribution in [0.3, 0.4) is 0 Å². The topological polar surface area (TPSA) is 55.8 Å². The van der Waals surface area contributed by atoms with Gasteiger partial charge >= 0.3 is 0 Å². The summed E-state index contributed by atoms with van der Waals surface area (Å²) in [7, 11) is 1.58. The van der Waals surface area contributed by atoms with Crippen molar-refractivity contribution < 1.29 is 19.1 Å². The van der Waals surface area contributed by atoms with E-state index in [0.29, 0.717) is 28.6 Å². The van der Waals surface area contributed by atoms with Crippen molar-refractivity contribution in [1.82, 2.24) is 4.90 Å². The number of fused-ring (bicyclic) bond motifs is 1. The van der Waals surface area contributed by atoms with Crippen LogP contribution < -0.4 is 9.47 Å². The molecule has 0 bridgehead atoms. The van der Waals surface area contributed by atoms with Gasteiger partial charge in [-0.25, -0.2) is 0 Å². The van der Waals surface area contributed by atoms with Crippen LogP contribution in [0.2, 0.25) is 0 Å². The van der Waals surface area contributed by atoms with E-state index in [-0.39, 0.29) is 17.7 Å². The lowest BCUT2D eigenvalue weighted by atomic mass is 10.1. The molecule has 1 aliphatic heterocycles. The number of ether oxygens (including phenoxy) is 2. The summed E-state index contributed by atoms with van der Waals surface area (Å²) < 4.78 is 11.8. The van der Waals surface area contributed by atoms with Gasteiger partial charge in [0, 0.05) is 5.56 Å². The van der Waals surface area contributed by atoms with Gasteiger partial charge in [0.2, 0.25) is 0 Å². The van der Waals surface area contributed by atoms with E-state index >= 15 is 0 Å². The Hall–Kier alpha value is -4.03. The highest BCUT2D eigenvalue weighted by Crippen LogP contribution is 2.38. The summed E-state index contributed by atoms with van der Waals surface area (Å²) in [5.41, 5.74) is 2.62. The summed E-state index contributed by atoms with van der Waals surface area (Å²) in [4.78, 5) is 27.3. The third-order valence-corrected chi connectivity index (χ3v) is 6.73. The molecule has 0 saturated carbocycles. The van der Waals surface area contributed by atoms with Crippen molar-refractivity contribution in [1.29, 1.82) is 0 Å². The number of para-hydroxylation sites is 1. The van der Waals surface area contributed by atoms with Gasteiger partial charge in [-0.2, -0.15) is 0 Å². The number of hydrogen-bond acceptors (Lipinski definition) is 5. The fraction of sp³-hybridized carbons (Fsp3) is 0.103. The number of imide groups is 1. The number of hydrogen-bond donors (Lipinski definition) is 0. The van der Waals surface area contributed by atoms with Crippen LogP contribution in [0.15, 0.2) is 95.9 Å². The molecule has 2 amide bonds. The summed E-state index contributed by atoms with van der Waals surface area (Å²) >= 11 is 0.937. The van der Waals surface area contributed by atoms with E-state index in [4.69, 9.17) is 9.47 Å². The Bertz CT molecular complexity index is 1430. The first-order valence-electron chi connectivity index (χ1n) is 11.2. The van der Waals surface area contributed by atoms with Gasteiger partial charge in [0.15, 0.2) is 11.5 Å². The lowest BCUT2D eigenvalue weighted by Crippen LogP contribution is -2.27. The van der Waals surface area contributed by atoms with Crippen LogP contribution in [0.5, 0.6) is 11.5 Å². The van der Waals surface area contributed by atoms with Crippen molar-refractivity contribution in [3.8, 4) is 11.5 Å². The largest absolute Gasteiger partial charge is 0.493 e. The molecular weight excluding hydrogens is 458 g/mol. The second-order valence-electron chi connectivity index (χ2n) is 8.06. The van der Waals surface area contributed by atoms with Gasteiger partial charge in [-0.3, -0.25) is 14.5 Å². The fourth-order valence-electron chi connectivity index (χ4n) is 4.07. The molecule has 1 heterocycles. The van der Waals surface area contributed by atoms with Crippen LogP contribution in [0.25, 0.3) is 16.8 Å². The zero-order valence-corrected chi connectivity index (χ0v) is 20.0. The van der Waals surface area contributed by atoms with Crippen LogP contribution in [0.1, 0.15) is 16.7 Å². The van der Waals surface area contributed by atoms with Gasteiger partial charge in [0.05, 0.1) is 18.6 Å². The monoisotopic (exact) mass is 481 g/mol. The van der Waals surface area contributed by atoms with E-state index in [1.54, 1.807) is 13.2 Å². The maximum absolute atomic E-state index is 13.1. The number of benzene rings is 4. The third-order valence-electron chi connectivity index (χ3n) is 5.82. The zero-order chi connectivity index (χ0) is 24.2. The van der Waals surface area contributed by atoms with Crippen molar-refractivity contribution in [3.63, 3.8) is 0 Å². The molecule has 174 valence electrons. The van der Waals surface area contributed by atoms with Gasteiger partial charge in [-0.05, 0) is 45.8 Å². The van der Waals surface area contributed by atoms with E-state index < -0.39 is 0 Å². The number of thioether (sulfide) groups is 1. The Morgan fingerprint density at radius 1 is 0.857 bits per heavy atom. The second-order valence-corrected chi connectivity index (χ2v) is 9.05. The molecule has 0 N–H and O–H groups in total. The van der Waals surface area contributed by atoms with E-state index in [9.17, 15) is 9.59 Å². The molecule has 0 spiro atoms. The van der Waals surface area contributed by atoms with Gasteiger partial charge in [-0.15, -0.1) is 0 Å². The van der Waals surface area contributed by atoms with Gasteiger partial charge in [-0.1, -0.05) is 84.9 Å². The molecule has 0 radical (unpaired) electrons. The van der Waals surface area contributed by atoms with Crippen LogP contribution in [0, 0.1) is 0 Å². The molecule has 0 atom stereocenters. The quantitative estimate of drug-likeness (QED) is 0.276. The normalized spacial score (nSPS) is 14.7. The Balaban J connectivity index is 1.42. The Labute approximate surface area is 208 Å². The van der Waals surface area contributed by atoms with Gasteiger partial charge < -0.3 is 9.47 Å². The number of methoxy groups -OCH3 is 1. The molecule has 0 unspecified atom stereocenters. The number of carbonyl (C=O) groups is 2. The van der Waals surface area contributed by atoms with Gasteiger partial charge in [0.1, 0.15) is 6.61 Å². The van der Waals surface area contributed by atoms with Crippen molar-refractivity contribution >= 4 is 39.8 Å². The minimum atomic E-state index is -0.313. The number of amides is 2. The van der Waals surface area contributed by atoms with E-state index in [1.165, 1.54) is 4.90 Å². The molecule has 4 aromatic rings. The molecule has 5 nitrogen and oxygen atoms in total. The first kappa shape index (κ1) is 22.7. The lowest BCUT2D eigenvalue weighted by Gasteiger charge is -2.15. The Morgan fingerprint density at radius 2 is 1.60 bits per heavy atom. The van der Waals surface area contributed by atoms with Crippen molar-refractivity contribution in [2.45, 2.75) is 13.2 Å². The standard InChI is InChI=1S/C29H23NO4S/c1-33-25-16-8-13-22(27(25)34-19-23-14-7-12-21-11-5-6-15-24(21)23)17-26-28(31)30(29(32)35-26)18-20-9-3-2-4-10-20/h2-17H,18-19H2,1H3/b26-17-. The van der Waals surface area contributed by atoms with E-state index in [1.807, 2.05) is 72.8 Å². The first-order chi connectivity index (χ1) is 17.1. The summed E-state index contributed by atoms with van der Waals surface area (Å²) in [6.07, 6.45) is 1.71. The molecule has 35 heavy (non-hydrogen) atoms. The predicted molar refractivity (Wildman–Crippen MR) is 139 cm³/mol. The third kappa shape index (κ3) is 4.79. The highest BCUT2D eigenvalue weighted by molar-refractivity contribution is 8.18. The van der Waals surface area contributed by atoms with Gasteiger partial charge in [0.25, 0.3) is 11.1 Å². The summed E-state index contributed by atoms with van der Waals surface area (Å²) in [5.74, 6) is 0.770. The Morgan fingerprint density at radius 3 is 2.43 bits per heavy atom. The lowest BCUT2D eigenvalue weighted by molar-refractivity contribution is -0.123. The predicted octanol–water partition coefficient (Wildman–Crippen LogP) is 6.66. The van der Waals surface area contributed by atoms with Crippen molar-refractivity contribution in [2.75, 3.05) is 7.11 Å². The average molecular weight is 482 g/mol. The molecule has 5 rings (SSSR count). The molecule has 1 fully saturated rings. The highest BCUT2D eigenvalue weighted by Gasteiger charge is 2.35. The number of rotatable bonds is 7. The first-order valence-corrected chi connectivity index (χ1v) is 12.0. The molecule has 4 aromatic carbocycles. The molecular formula is C29H23NO4S. The van der Waals surface area contributed by atoms with Crippen LogP contribution in [-0.2, 0) is 17.9 Å². The SMILES string of the molecule is COc1cccc(/C=C2\SC(=O)N(Cc3ccccc3)C2=O)c1OCc1cccc2ccccc12. The Kier molecular flexibility index (Phi) is 6.55. The fourth-order valence-corrected chi connectivity index (χ4v) is 4.90. The summed E-state index contributed by atoms with van der Waals surface area (Å²) in [6.45, 7) is 0.573. The highest BCUT2D eigenvalue weighted by atomic mass is 32.2. The molecule has 0 aliphatic carbocycles. The molecule has 6 heteroatoms. The maximum atomic E-state index is 13.1. The summed E-state index contributed by atoms with van der Waals surface area (Å²) in [6, 6.07) is 29.2. The second kappa shape index (κ2) is 10.1.